The Morgan fingerprint density at radius 2 is 1.72 bits per heavy atom. The van der Waals surface area contributed by atoms with E-state index < -0.39 is 0 Å². The van der Waals surface area contributed by atoms with E-state index in [1.807, 2.05) is 12.1 Å². The molecule has 5 rings (SSSR count). The molecule has 0 bridgehead atoms. The summed E-state index contributed by atoms with van der Waals surface area (Å²) in [6.07, 6.45) is 5.98. The molecule has 0 atom stereocenters. The van der Waals surface area contributed by atoms with Crippen molar-refractivity contribution < 1.29 is 14.3 Å². The Balaban J connectivity index is 1.11. The topological polar surface area (TPSA) is 46.9 Å². The molecule has 3 heterocycles. The molecule has 2 aromatic rings. The van der Waals surface area contributed by atoms with Gasteiger partial charge in [-0.05, 0) is 44.0 Å². The molecule has 2 aliphatic heterocycles. The second kappa shape index (κ2) is 8.11. The third-order valence-electron chi connectivity index (χ3n) is 6.33. The summed E-state index contributed by atoms with van der Waals surface area (Å²) in [5, 5.41) is 0. The van der Waals surface area contributed by atoms with Crippen LogP contribution in [0.3, 0.4) is 0 Å². The summed E-state index contributed by atoms with van der Waals surface area (Å²) < 4.78 is 13.7. The molecule has 0 spiro atoms. The predicted octanol–water partition coefficient (Wildman–Crippen LogP) is 2.99. The first-order valence-electron chi connectivity index (χ1n) is 10.9. The minimum absolute atomic E-state index is 0.320. The highest BCUT2D eigenvalue weighted by atomic mass is 16.6. The van der Waals surface area contributed by atoms with Crippen molar-refractivity contribution in [2.75, 3.05) is 50.8 Å². The summed E-state index contributed by atoms with van der Waals surface area (Å²) in [6.45, 7) is 7.60. The lowest BCUT2D eigenvalue weighted by Gasteiger charge is -2.36. The monoisotopic (exact) mass is 395 g/mol. The zero-order chi connectivity index (χ0) is 19.6. The van der Waals surface area contributed by atoms with E-state index in [4.69, 9.17) is 9.47 Å². The van der Waals surface area contributed by atoms with Crippen LogP contribution in [-0.2, 0) is 13.0 Å². The lowest BCUT2D eigenvalue weighted by molar-refractivity contribution is 0.0971. The number of carbonyl (C=O) groups excluding carboxylic acids is 1. The number of Topliss-reactive ketones (excluding diaryl/α,β-unsaturated/α-hetero) is 1. The van der Waals surface area contributed by atoms with E-state index in [9.17, 15) is 4.79 Å². The third-order valence-corrected chi connectivity index (χ3v) is 6.33. The molecular formula is C23H29N3O3. The zero-order valence-electron chi connectivity index (χ0n) is 16.9. The van der Waals surface area contributed by atoms with Crippen LogP contribution in [0.25, 0.3) is 0 Å². The summed E-state index contributed by atoms with van der Waals surface area (Å²) in [7, 11) is 0. The summed E-state index contributed by atoms with van der Waals surface area (Å²) in [5.74, 6) is 2.04. The van der Waals surface area contributed by atoms with E-state index >= 15 is 0 Å². The number of fused-ring (bicyclic) bond motifs is 2. The van der Waals surface area contributed by atoms with Gasteiger partial charge in [-0.1, -0.05) is 0 Å². The number of carbonyl (C=O) groups is 1. The normalized spacial score (nSPS) is 19.3. The van der Waals surface area contributed by atoms with Gasteiger partial charge >= 0.3 is 0 Å². The Kier molecular flexibility index (Phi) is 5.19. The van der Waals surface area contributed by atoms with Crippen molar-refractivity contribution in [3.63, 3.8) is 0 Å². The van der Waals surface area contributed by atoms with Gasteiger partial charge in [0, 0.05) is 68.4 Å². The predicted molar refractivity (Wildman–Crippen MR) is 112 cm³/mol. The fourth-order valence-corrected chi connectivity index (χ4v) is 4.72. The second-order valence-corrected chi connectivity index (χ2v) is 8.16. The van der Waals surface area contributed by atoms with Crippen LogP contribution in [0.1, 0.15) is 35.3 Å². The van der Waals surface area contributed by atoms with Gasteiger partial charge in [-0.15, -0.1) is 0 Å². The number of benzene rings is 1. The lowest BCUT2D eigenvalue weighted by atomic mass is 9.97. The number of ketones is 1. The molecule has 0 saturated carbocycles. The fourth-order valence-electron chi connectivity index (χ4n) is 4.72. The molecule has 154 valence electrons. The average Bonchev–Trinajstić information content (AvgIpc) is 3.18. The molecule has 29 heavy (non-hydrogen) atoms. The van der Waals surface area contributed by atoms with Crippen LogP contribution < -0.4 is 14.4 Å². The van der Waals surface area contributed by atoms with Gasteiger partial charge in [0.1, 0.15) is 13.2 Å². The maximum atomic E-state index is 12.0. The fraction of sp³-hybridized carbons (Fsp3) is 0.522. The van der Waals surface area contributed by atoms with Crippen molar-refractivity contribution in [2.45, 2.75) is 32.2 Å². The first kappa shape index (κ1) is 18.6. The number of aromatic nitrogens is 1. The molecular weight excluding hydrogens is 366 g/mol. The summed E-state index contributed by atoms with van der Waals surface area (Å²) in [5.41, 5.74) is 3.44. The van der Waals surface area contributed by atoms with Gasteiger partial charge in [-0.3, -0.25) is 9.69 Å². The van der Waals surface area contributed by atoms with Crippen LogP contribution in [0.2, 0.25) is 0 Å². The Morgan fingerprint density at radius 3 is 2.59 bits per heavy atom. The number of hydrogen-bond acceptors (Lipinski definition) is 5. The number of aryl methyl sites for hydroxylation is 1. The third kappa shape index (κ3) is 3.86. The number of nitrogens with zero attached hydrogens (tertiary/aromatic N) is 3. The number of rotatable bonds is 5. The van der Waals surface area contributed by atoms with Crippen molar-refractivity contribution in [1.29, 1.82) is 0 Å². The molecule has 3 aliphatic rings. The van der Waals surface area contributed by atoms with Crippen LogP contribution in [0.15, 0.2) is 30.5 Å². The maximum absolute atomic E-state index is 12.0. The number of hydrogen-bond donors (Lipinski definition) is 0. The molecule has 0 N–H and O–H groups in total. The highest BCUT2D eigenvalue weighted by Crippen LogP contribution is 2.34. The van der Waals surface area contributed by atoms with Gasteiger partial charge in [0.2, 0.25) is 0 Å². The van der Waals surface area contributed by atoms with E-state index in [1.54, 1.807) is 0 Å². The molecule has 6 nitrogen and oxygen atoms in total. The number of ether oxygens (including phenoxy) is 2. The molecule has 1 aromatic heterocycles. The SMILES string of the molecule is O=C1CCCc2c1ccn2CCCN1CCN(c2ccc3c(c2)OCCO3)CC1. The summed E-state index contributed by atoms with van der Waals surface area (Å²) >= 11 is 0. The van der Waals surface area contributed by atoms with Crippen molar-refractivity contribution in [1.82, 2.24) is 9.47 Å². The van der Waals surface area contributed by atoms with E-state index in [0.29, 0.717) is 25.4 Å². The van der Waals surface area contributed by atoms with Gasteiger partial charge in [-0.2, -0.15) is 0 Å². The Hall–Kier alpha value is -2.47. The van der Waals surface area contributed by atoms with Gasteiger partial charge in [0.15, 0.2) is 17.3 Å². The molecule has 1 saturated heterocycles. The molecule has 0 amide bonds. The first-order valence-corrected chi connectivity index (χ1v) is 10.9. The van der Waals surface area contributed by atoms with Crippen LogP contribution in [0, 0.1) is 0 Å². The van der Waals surface area contributed by atoms with Crippen LogP contribution in [-0.4, -0.2) is 61.2 Å². The minimum atomic E-state index is 0.320. The quantitative estimate of drug-likeness (QED) is 0.779. The largest absolute Gasteiger partial charge is 0.486 e. The van der Waals surface area contributed by atoms with Crippen LogP contribution >= 0.6 is 0 Å². The maximum Gasteiger partial charge on any atom is 0.164 e. The van der Waals surface area contributed by atoms with E-state index in [1.165, 1.54) is 11.4 Å². The number of piperazine rings is 1. The Labute approximate surface area is 172 Å². The second-order valence-electron chi connectivity index (χ2n) is 8.16. The van der Waals surface area contributed by atoms with Crippen molar-refractivity contribution in [3.8, 4) is 11.5 Å². The van der Waals surface area contributed by atoms with Crippen molar-refractivity contribution in [3.05, 3.63) is 41.7 Å². The Bertz CT molecular complexity index is 883. The van der Waals surface area contributed by atoms with E-state index in [2.05, 4.69) is 32.7 Å². The summed E-state index contributed by atoms with van der Waals surface area (Å²) in [6, 6.07) is 8.29. The van der Waals surface area contributed by atoms with Crippen LogP contribution in [0.4, 0.5) is 5.69 Å². The summed E-state index contributed by atoms with van der Waals surface area (Å²) in [4.78, 5) is 17.0. The molecule has 0 radical (unpaired) electrons. The molecule has 1 fully saturated rings. The van der Waals surface area contributed by atoms with Gasteiger partial charge in [0.05, 0.1) is 0 Å². The average molecular weight is 396 g/mol. The molecule has 0 unspecified atom stereocenters. The van der Waals surface area contributed by atoms with Crippen molar-refractivity contribution >= 4 is 11.5 Å². The Morgan fingerprint density at radius 1 is 0.897 bits per heavy atom. The zero-order valence-corrected chi connectivity index (χ0v) is 16.9. The lowest BCUT2D eigenvalue weighted by Crippen LogP contribution is -2.46. The smallest absolute Gasteiger partial charge is 0.164 e. The van der Waals surface area contributed by atoms with Gasteiger partial charge in [-0.25, -0.2) is 0 Å². The van der Waals surface area contributed by atoms with Gasteiger partial charge in [0.25, 0.3) is 0 Å². The minimum Gasteiger partial charge on any atom is -0.486 e. The van der Waals surface area contributed by atoms with E-state index in [-0.39, 0.29) is 0 Å². The van der Waals surface area contributed by atoms with Crippen molar-refractivity contribution in [2.24, 2.45) is 0 Å². The highest BCUT2D eigenvalue weighted by Gasteiger charge is 2.22. The van der Waals surface area contributed by atoms with Gasteiger partial charge < -0.3 is 18.9 Å². The standard InChI is InChI=1S/C23H29N3O3/c27-21-4-1-3-20-19(21)7-10-26(20)9-2-8-24-11-13-25(14-12-24)18-5-6-22-23(17-18)29-16-15-28-22/h5-7,10,17H,1-4,8-9,11-16H2. The van der Waals surface area contributed by atoms with E-state index in [0.717, 1.165) is 75.6 Å². The first-order chi connectivity index (χ1) is 14.3. The number of anilines is 1. The highest BCUT2D eigenvalue weighted by molar-refractivity contribution is 5.98. The molecule has 6 heteroatoms. The van der Waals surface area contributed by atoms with Crippen LogP contribution in [0.5, 0.6) is 11.5 Å². The molecule has 1 aliphatic carbocycles. The molecule has 1 aromatic carbocycles.